The average molecular weight is 316 g/mol. The summed E-state index contributed by atoms with van der Waals surface area (Å²) in [5.74, 6) is -3.11. The van der Waals surface area contributed by atoms with Crippen LogP contribution in [0.25, 0.3) is 0 Å². The van der Waals surface area contributed by atoms with Gasteiger partial charge in [0.1, 0.15) is 5.75 Å². The number of ether oxygens (including phenoxy) is 1. The van der Waals surface area contributed by atoms with Crippen LogP contribution in [0.3, 0.4) is 0 Å². The lowest BCUT2D eigenvalue weighted by molar-refractivity contribution is -0.143. The summed E-state index contributed by atoms with van der Waals surface area (Å²) in [6.07, 6.45) is -0.964. The lowest BCUT2D eigenvalue weighted by Crippen LogP contribution is -2.33. The smallest absolute Gasteiger partial charge is 0.322 e. The van der Waals surface area contributed by atoms with Crippen molar-refractivity contribution in [2.24, 2.45) is 0 Å². The van der Waals surface area contributed by atoms with Gasteiger partial charge < -0.3 is 14.9 Å². The predicted molar refractivity (Wildman–Crippen MR) is 73.9 cm³/mol. The molecule has 1 rings (SSSR count). The minimum atomic E-state index is -4.12. The van der Waals surface area contributed by atoms with E-state index in [1.165, 1.54) is 12.1 Å². The van der Waals surface area contributed by atoms with Crippen molar-refractivity contribution in [3.63, 3.8) is 0 Å². The molecule has 116 valence electrons. The van der Waals surface area contributed by atoms with Crippen LogP contribution in [0, 0.1) is 0 Å². The fraction of sp³-hybridized carbons (Fsp3) is 0.385. The fourth-order valence-electron chi connectivity index (χ4n) is 1.71. The minimum Gasteiger partial charge on any atom is -0.494 e. The number of rotatable bonds is 8. The highest BCUT2D eigenvalue weighted by atomic mass is 32.2. The number of aliphatic carboxylic acids is 2. The van der Waals surface area contributed by atoms with Crippen LogP contribution >= 0.6 is 0 Å². The molecule has 0 aliphatic carbocycles. The molecule has 1 aromatic rings. The fourth-order valence-corrected chi connectivity index (χ4v) is 3.27. The molecule has 0 aliphatic rings. The Hall–Kier alpha value is -2.09. The standard InChI is InChI=1S/C13H16O7S/c1-2-20-10-5-3-9(4-6-10)8-21(18,19)11(13(16)17)7-12(14)15/h3-6,11H,2,7-8H2,1H3,(H,14,15)(H,16,17)/t11-/m1/s1. The van der Waals surface area contributed by atoms with Crippen LogP contribution < -0.4 is 4.74 Å². The van der Waals surface area contributed by atoms with Crippen molar-refractivity contribution in [3.05, 3.63) is 29.8 Å². The Morgan fingerprint density at radius 1 is 1.19 bits per heavy atom. The Balaban J connectivity index is 2.91. The van der Waals surface area contributed by atoms with Gasteiger partial charge in [0.15, 0.2) is 15.1 Å². The molecule has 0 radical (unpaired) electrons. The summed E-state index contributed by atoms with van der Waals surface area (Å²) in [4.78, 5) is 21.5. The first-order valence-corrected chi connectivity index (χ1v) is 7.85. The first-order chi connectivity index (χ1) is 9.76. The maximum absolute atomic E-state index is 12.0. The van der Waals surface area contributed by atoms with E-state index in [1.807, 2.05) is 6.92 Å². The van der Waals surface area contributed by atoms with E-state index in [4.69, 9.17) is 14.9 Å². The zero-order valence-electron chi connectivity index (χ0n) is 11.4. The van der Waals surface area contributed by atoms with E-state index in [1.54, 1.807) is 12.1 Å². The molecule has 0 amide bonds. The van der Waals surface area contributed by atoms with Crippen molar-refractivity contribution in [1.29, 1.82) is 0 Å². The molecule has 1 atom stereocenters. The number of sulfone groups is 1. The van der Waals surface area contributed by atoms with E-state index in [2.05, 4.69) is 0 Å². The highest BCUT2D eigenvalue weighted by molar-refractivity contribution is 7.92. The Kier molecular flexibility index (Phi) is 5.71. The third-order valence-corrected chi connectivity index (χ3v) is 4.64. The summed E-state index contributed by atoms with van der Waals surface area (Å²) >= 11 is 0. The molecule has 0 aliphatic heterocycles. The van der Waals surface area contributed by atoms with Gasteiger partial charge in [0.25, 0.3) is 0 Å². The third-order valence-electron chi connectivity index (χ3n) is 2.67. The van der Waals surface area contributed by atoms with Gasteiger partial charge in [0.2, 0.25) is 0 Å². The summed E-state index contributed by atoms with van der Waals surface area (Å²) in [5, 5.41) is 15.5. The molecule has 0 heterocycles. The van der Waals surface area contributed by atoms with Gasteiger partial charge >= 0.3 is 11.9 Å². The van der Waals surface area contributed by atoms with E-state index in [9.17, 15) is 18.0 Å². The highest BCUT2D eigenvalue weighted by Crippen LogP contribution is 2.18. The van der Waals surface area contributed by atoms with Crippen molar-refractivity contribution in [3.8, 4) is 5.75 Å². The van der Waals surface area contributed by atoms with E-state index in [-0.39, 0.29) is 0 Å². The van der Waals surface area contributed by atoms with Crippen molar-refractivity contribution < 1.29 is 33.0 Å². The van der Waals surface area contributed by atoms with Gasteiger partial charge in [-0.3, -0.25) is 9.59 Å². The Morgan fingerprint density at radius 3 is 2.19 bits per heavy atom. The average Bonchev–Trinajstić information content (AvgIpc) is 2.37. The van der Waals surface area contributed by atoms with Crippen LogP contribution in [0.2, 0.25) is 0 Å². The van der Waals surface area contributed by atoms with Crippen molar-refractivity contribution in [2.45, 2.75) is 24.3 Å². The summed E-state index contributed by atoms with van der Waals surface area (Å²) < 4.78 is 29.2. The van der Waals surface area contributed by atoms with Crippen molar-refractivity contribution >= 4 is 21.8 Å². The second-order valence-corrected chi connectivity index (χ2v) is 6.49. The van der Waals surface area contributed by atoms with Gasteiger partial charge in [0.05, 0.1) is 18.8 Å². The molecule has 21 heavy (non-hydrogen) atoms. The van der Waals surface area contributed by atoms with Crippen molar-refractivity contribution in [1.82, 2.24) is 0 Å². The second-order valence-electron chi connectivity index (χ2n) is 4.31. The molecule has 0 aromatic heterocycles. The summed E-state index contributed by atoms with van der Waals surface area (Å²) in [5.41, 5.74) is 0.370. The lowest BCUT2D eigenvalue weighted by Gasteiger charge is -2.12. The zero-order chi connectivity index (χ0) is 16.0. The largest absolute Gasteiger partial charge is 0.494 e. The number of hydrogen-bond acceptors (Lipinski definition) is 5. The van der Waals surface area contributed by atoms with Crippen LogP contribution in [-0.2, 0) is 25.2 Å². The van der Waals surface area contributed by atoms with Gasteiger partial charge in [-0.25, -0.2) is 8.42 Å². The van der Waals surface area contributed by atoms with E-state index in [0.29, 0.717) is 17.9 Å². The minimum absolute atomic E-state index is 0.370. The van der Waals surface area contributed by atoms with Gasteiger partial charge in [-0.15, -0.1) is 0 Å². The molecule has 0 bridgehead atoms. The summed E-state index contributed by atoms with van der Waals surface area (Å²) in [6.45, 7) is 2.28. The van der Waals surface area contributed by atoms with Crippen LogP contribution in [-0.4, -0.2) is 42.4 Å². The third kappa shape index (κ3) is 5.07. The highest BCUT2D eigenvalue weighted by Gasteiger charge is 2.34. The maximum atomic E-state index is 12.0. The molecule has 0 fully saturated rings. The van der Waals surface area contributed by atoms with Gasteiger partial charge in [-0.05, 0) is 24.6 Å². The molecule has 8 heteroatoms. The normalized spacial score (nSPS) is 12.6. The SMILES string of the molecule is CCOc1ccc(CS(=O)(=O)[C@H](CC(=O)O)C(=O)O)cc1. The summed E-state index contributed by atoms with van der Waals surface area (Å²) in [7, 11) is -4.12. The molecule has 0 unspecified atom stereocenters. The van der Waals surface area contributed by atoms with Crippen LogP contribution in [0.5, 0.6) is 5.75 Å². The molecule has 7 nitrogen and oxygen atoms in total. The summed E-state index contributed by atoms with van der Waals surface area (Å²) in [6, 6.07) is 6.15. The lowest BCUT2D eigenvalue weighted by atomic mass is 10.2. The van der Waals surface area contributed by atoms with Crippen LogP contribution in [0.4, 0.5) is 0 Å². The number of benzene rings is 1. The number of carbonyl (C=O) groups is 2. The Morgan fingerprint density at radius 2 is 1.76 bits per heavy atom. The Bertz CT molecular complexity index is 604. The topological polar surface area (TPSA) is 118 Å². The molecule has 0 spiro atoms. The predicted octanol–water partition coefficient (Wildman–Crippen LogP) is 0.928. The van der Waals surface area contributed by atoms with Gasteiger partial charge in [0, 0.05) is 0 Å². The molecule has 0 saturated heterocycles. The van der Waals surface area contributed by atoms with E-state index in [0.717, 1.165) is 0 Å². The number of carboxylic acid groups (broad SMARTS) is 2. The number of hydrogen-bond donors (Lipinski definition) is 2. The van der Waals surface area contributed by atoms with Crippen LogP contribution in [0.1, 0.15) is 18.9 Å². The molecular formula is C13H16O7S. The van der Waals surface area contributed by atoms with Gasteiger partial charge in [-0.1, -0.05) is 12.1 Å². The zero-order valence-corrected chi connectivity index (χ0v) is 12.2. The van der Waals surface area contributed by atoms with Crippen LogP contribution in [0.15, 0.2) is 24.3 Å². The number of carboxylic acids is 2. The molecule has 0 saturated carbocycles. The van der Waals surface area contributed by atoms with E-state index >= 15 is 0 Å². The molecule has 1 aromatic carbocycles. The quantitative estimate of drug-likeness (QED) is 0.732. The monoisotopic (exact) mass is 316 g/mol. The van der Waals surface area contributed by atoms with Crippen molar-refractivity contribution in [2.75, 3.05) is 6.61 Å². The molecular weight excluding hydrogens is 300 g/mol. The first-order valence-electron chi connectivity index (χ1n) is 6.14. The Labute approximate surface area is 122 Å². The van der Waals surface area contributed by atoms with Gasteiger partial charge in [-0.2, -0.15) is 0 Å². The first kappa shape index (κ1) is 17.0. The van der Waals surface area contributed by atoms with E-state index < -0.39 is 39.2 Å². The maximum Gasteiger partial charge on any atom is 0.322 e. The molecule has 2 N–H and O–H groups in total. The second kappa shape index (κ2) is 7.07.